The smallest absolute Gasteiger partial charge is 0.312 e. The monoisotopic (exact) mass is 361 g/mol. The van der Waals surface area contributed by atoms with E-state index in [0.717, 1.165) is 12.8 Å². The molecule has 4 rings (SSSR count). The molecule has 3 aliphatic rings. The summed E-state index contributed by atoms with van der Waals surface area (Å²) < 4.78 is 11.5. The summed E-state index contributed by atoms with van der Waals surface area (Å²) in [5.74, 6) is -1.60. The number of benzene rings is 1. The van der Waals surface area contributed by atoms with Gasteiger partial charge in [-0.15, -0.1) is 0 Å². The van der Waals surface area contributed by atoms with E-state index in [9.17, 15) is 9.59 Å². The largest absolute Gasteiger partial charge is 0.465 e. The van der Waals surface area contributed by atoms with Crippen molar-refractivity contribution < 1.29 is 19.1 Å². The maximum atomic E-state index is 13.1. The molecule has 1 aromatic carbocycles. The Bertz CT molecular complexity index is 749. The van der Waals surface area contributed by atoms with Gasteiger partial charge in [0.2, 0.25) is 5.91 Å². The van der Waals surface area contributed by atoms with Gasteiger partial charge < -0.3 is 14.4 Å². The number of hydrogen-bond donors (Lipinski definition) is 0. The Morgan fingerprint density at radius 3 is 3.00 bits per heavy atom. The van der Waals surface area contributed by atoms with Gasteiger partial charge in [0.1, 0.15) is 11.5 Å². The second-order valence-electron chi connectivity index (χ2n) is 6.80. The molecule has 0 aliphatic carbocycles. The first-order chi connectivity index (χ1) is 12.1. The SMILES string of the molecule is CCCCOC(=O)[C@@H]1[C@H]2C(=O)N(c3ccccc3Cl)C[C@@]23C=C[C@H]1O3. The van der Waals surface area contributed by atoms with Crippen LogP contribution in [0.4, 0.5) is 5.69 Å². The lowest BCUT2D eigenvalue weighted by Crippen LogP contribution is -2.40. The van der Waals surface area contributed by atoms with Crippen molar-refractivity contribution in [3.05, 3.63) is 41.4 Å². The number of hydrogen-bond acceptors (Lipinski definition) is 4. The average molecular weight is 362 g/mol. The molecule has 2 saturated heterocycles. The number of nitrogens with zero attached hydrogens (tertiary/aromatic N) is 1. The molecule has 2 bridgehead atoms. The van der Waals surface area contributed by atoms with E-state index in [-0.39, 0.29) is 18.0 Å². The zero-order chi connectivity index (χ0) is 17.6. The van der Waals surface area contributed by atoms with Gasteiger partial charge in [-0.05, 0) is 18.6 Å². The number of anilines is 1. The molecule has 4 atom stereocenters. The highest BCUT2D eigenvalue weighted by Crippen LogP contribution is 2.53. The summed E-state index contributed by atoms with van der Waals surface area (Å²) in [6.07, 6.45) is 5.19. The van der Waals surface area contributed by atoms with Gasteiger partial charge in [0.25, 0.3) is 0 Å². The molecule has 1 aromatic rings. The molecule has 3 aliphatic heterocycles. The van der Waals surface area contributed by atoms with Gasteiger partial charge in [-0.25, -0.2) is 0 Å². The minimum absolute atomic E-state index is 0.127. The van der Waals surface area contributed by atoms with Crippen LogP contribution in [0.1, 0.15) is 19.8 Å². The van der Waals surface area contributed by atoms with E-state index in [1.165, 1.54) is 0 Å². The Morgan fingerprint density at radius 2 is 2.24 bits per heavy atom. The number of esters is 1. The first-order valence-electron chi connectivity index (χ1n) is 8.67. The third-order valence-corrected chi connectivity index (χ3v) is 5.58. The predicted octanol–water partition coefficient (Wildman–Crippen LogP) is 2.97. The molecular formula is C19H20ClNO4. The van der Waals surface area contributed by atoms with E-state index in [2.05, 4.69) is 0 Å². The number of unbranched alkanes of at least 4 members (excludes halogenated alkanes) is 1. The molecule has 5 nitrogen and oxygen atoms in total. The number of halogens is 1. The van der Waals surface area contributed by atoms with Crippen LogP contribution in [0.25, 0.3) is 0 Å². The Morgan fingerprint density at radius 1 is 1.44 bits per heavy atom. The van der Waals surface area contributed by atoms with Crippen molar-refractivity contribution >= 4 is 29.2 Å². The summed E-state index contributed by atoms with van der Waals surface area (Å²) in [6.45, 7) is 2.78. The molecule has 0 aromatic heterocycles. The van der Waals surface area contributed by atoms with Gasteiger partial charge in [-0.1, -0.05) is 49.2 Å². The summed E-state index contributed by atoms with van der Waals surface area (Å²) in [7, 11) is 0. The lowest BCUT2D eigenvalue weighted by Gasteiger charge is -2.22. The number of carbonyl (C=O) groups is 2. The van der Waals surface area contributed by atoms with Gasteiger partial charge in [0.15, 0.2) is 0 Å². The van der Waals surface area contributed by atoms with Crippen LogP contribution in [0.15, 0.2) is 36.4 Å². The van der Waals surface area contributed by atoms with E-state index >= 15 is 0 Å². The highest BCUT2D eigenvalue weighted by atomic mass is 35.5. The van der Waals surface area contributed by atoms with Gasteiger partial charge in [-0.2, -0.15) is 0 Å². The molecule has 6 heteroatoms. The zero-order valence-corrected chi connectivity index (χ0v) is 14.7. The molecular weight excluding hydrogens is 342 g/mol. The number of fused-ring (bicyclic) bond motifs is 1. The van der Waals surface area contributed by atoms with Crippen molar-refractivity contribution in [2.24, 2.45) is 11.8 Å². The maximum Gasteiger partial charge on any atom is 0.312 e. The molecule has 1 spiro atoms. The number of rotatable bonds is 5. The fourth-order valence-electron chi connectivity index (χ4n) is 4.06. The minimum atomic E-state index is -0.755. The number of carbonyl (C=O) groups excluding carboxylic acids is 2. The number of amides is 1. The predicted molar refractivity (Wildman–Crippen MR) is 93.4 cm³/mol. The molecule has 0 unspecified atom stereocenters. The second-order valence-corrected chi connectivity index (χ2v) is 7.20. The molecule has 0 N–H and O–H groups in total. The van der Waals surface area contributed by atoms with Crippen molar-refractivity contribution in [3.8, 4) is 0 Å². The van der Waals surface area contributed by atoms with E-state index in [1.54, 1.807) is 11.0 Å². The van der Waals surface area contributed by atoms with E-state index < -0.39 is 17.4 Å². The van der Waals surface area contributed by atoms with E-state index in [4.69, 9.17) is 21.1 Å². The van der Waals surface area contributed by atoms with Crippen molar-refractivity contribution in [1.82, 2.24) is 0 Å². The first kappa shape index (κ1) is 16.6. The van der Waals surface area contributed by atoms with Crippen LogP contribution >= 0.6 is 11.6 Å². The molecule has 0 radical (unpaired) electrons. The van der Waals surface area contributed by atoms with Crippen molar-refractivity contribution in [1.29, 1.82) is 0 Å². The molecule has 0 saturated carbocycles. The Kier molecular flexibility index (Phi) is 4.08. The van der Waals surface area contributed by atoms with Crippen molar-refractivity contribution in [2.45, 2.75) is 31.5 Å². The van der Waals surface area contributed by atoms with Crippen LogP contribution in [-0.2, 0) is 19.1 Å². The summed E-state index contributed by atoms with van der Waals surface area (Å²) in [4.78, 5) is 27.3. The van der Waals surface area contributed by atoms with Crippen LogP contribution in [0.2, 0.25) is 5.02 Å². The van der Waals surface area contributed by atoms with Crippen LogP contribution < -0.4 is 4.90 Å². The first-order valence-corrected chi connectivity index (χ1v) is 9.05. The van der Waals surface area contributed by atoms with Crippen molar-refractivity contribution in [2.75, 3.05) is 18.1 Å². The normalized spacial score (nSPS) is 32.3. The Balaban J connectivity index is 1.61. The van der Waals surface area contributed by atoms with Gasteiger partial charge >= 0.3 is 5.97 Å². The van der Waals surface area contributed by atoms with Crippen LogP contribution in [0.3, 0.4) is 0 Å². The quantitative estimate of drug-likeness (QED) is 0.459. The molecule has 132 valence electrons. The lowest BCUT2D eigenvalue weighted by molar-refractivity contribution is -0.152. The average Bonchev–Trinajstić information content (AvgIpc) is 3.24. The highest BCUT2D eigenvalue weighted by molar-refractivity contribution is 6.34. The Labute approximate surface area is 151 Å². The maximum absolute atomic E-state index is 13.1. The highest BCUT2D eigenvalue weighted by Gasteiger charge is 2.67. The zero-order valence-electron chi connectivity index (χ0n) is 14.0. The third kappa shape index (κ3) is 2.49. The van der Waals surface area contributed by atoms with E-state index in [0.29, 0.717) is 23.9 Å². The number of para-hydroxylation sites is 1. The molecule has 2 fully saturated rings. The topological polar surface area (TPSA) is 55.8 Å². The summed E-state index contributed by atoms with van der Waals surface area (Å²) >= 11 is 6.26. The van der Waals surface area contributed by atoms with Gasteiger partial charge in [0, 0.05) is 0 Å². The molecule has 1 amide bonds. The van der Waals surface area contributed by atoms with Gasteiger partial charge in [-0.3, -0.25) is 9.59 Å². The fourth-order valence-corrected chi connectivity index (χ4v) is 4.29. The standard InChI is InChI=1S/C19H20ClNO4/c1-2-3-10-24-18(23)15-14-8-9-19(25-14)11-21(17(22)16(15)19)13-7-5-4-6-12(13)20/h4-9,14-16H,2-3,10-11H2,1H3/t14-,15+,16+,19+/m1/s1. The van der Waals surface area contributed by atoms with Crippen molar-refractivity contribution in [3.63, 3.8) is 0 Å². The Hall–Kier alpha value is -1.85. The third-order valence-electron chi connectivity index (χ3n) is 5.26. The number of ether oxygens (including phenoxy) is 2. The van der Waals surface area contributed by atoms with E-state index in [1.807, 2.05) is 37.3 Å². The van der Waals surface area contributed by atoms with Crippen LogP contribution in [0, 0.1) is 11.8 Å². The summed E-state index contributed by atoms with van der Waals surface area (Å²) in [6, 6.07) is 7.22. The second kappa shape index (κ2) is 6.15. The van der Waals surface area contributed by atoms with Crippen LogP contribution in [-0.4, -0.2) is 36.7 Å². The fraction of sp³-hybridized carbons (Fsp3) is 0.474. The van der Waals surface area contributed by atoms with Gasteiger partial charge in [0.05, 0.1) is 35.9 Å². The molecule has 3 heterocycles. The lowest BCUT2D eigenvalue weighted by atomic mass is 9.77. The summed E-state index contributed by atoms with van der Waals surface area (Å²) in [5.41, 5.74) is -0.105. The minimum Gasteiger partial charge on any atom is -0.465 e. The molecule has 25 heavy (non-hydrogen) atoms. The summed E-state index contributed by atoms with van der Waals surface area (Å²) in [5, 5.41) is 0.507. The van der Waals surface area contributed by atoms with Crippen LogP contribution in [0.5, 0.6) is 0 Å².